The SMILES string of the molecule is CC(C)c1c(B2OC(C)(C)C(C)(C)O2)nnn1C1CC1. The third kappa shape index (κ3) is 2.09. The van der Waals surface area contributed by atoms with Crippen molar-refractivity contribution in [2.24, 2.45) is 0 Å². The summed E-state index contributed by atoms with van der Waals surface area (Å²) in [6.45, 7) is 12.6. The van der Waals surface area contributed by atoms with Gasteiger partial charge in [-0.1, -0.05) is 19.1 Å². The van der Waals surface area contributed by atoms with Gasteiger partial charge < -0.3 is 9.31 Å². The Labute approximate surface area is 121 Å². The van der Waals surface area contributed by atoms with Gasteiger partial charge in [0.2, 0.25) is 0 Å². The molecule has 0 radical (unpaired) electrons. The first-order valence-electron chi connectivity index (χ1n) is 7.53. The van der Waals surface area contributed by atoms with E-state index in [0.29, 0.717) is 12.0 Å². The summed E-state index contributed by atoms with van der Waals surface area (Å²) >= 11 is 0. The zero-order valence-electron chi connectivity index (χ0n) is 13.3. The molecule has 0 unspecified atom stereocenters. The second-order valence-electron chi connectivity index (χ2n) is 7.28. The predicted molar refractivity (Wildman–Crippen MR) is 78.1 cm³/mol. The van der Waals surface area contributed by atoms with Gasteiger partial charge in [-0.05, 0) is 46.5 Å². The molecule has 5 nitrogen and oxygen atoms in total. The highest BCUT2D eigenvalue weighted by atomic mass is 16.7. The Morgan fingerprint density at radius 3 is 2.15 bits per heavy atom. The van der Waals surface area contributed by atoms with Gasteiger partial charge in [0.1, 0.15) is 5.59 Å². The molecule has 0 spiro atoms. The topological polar surface area (TPSA) is 49.2 Å². The lowest BCUT2D eigenvalue weighted by molar-refractivity contribution is 0.00578. The molecule has 0 N–H and O–H groups in total. The molecule has 1 saturated heterocycles. The zero-order valence-corrected chi connectivity index (χ0v) is 13.3. The minimum Gasteiger partial charge on any atom is -0.398 e. The van der Waals surface area contributed by atoms with Crippen LogP contribution in [-0.4, -0.2) is 33.3 Å². The van der Waals surface area contributed by atoms with Crippen molar-refractivity contribution >= 4 is 12.7 Å². The Morgan fingerprint density at radius 1 is 1.15 bits per heavy atom. The van der Waals surface area contributed by atoms with Crippen LogP contribution < -0.4 is 5.59 Å². The molecule has 2 heterocycles. The number of hydrogen-bond acceptors (Lipinski definition) is 4. The standard InChI is InChI=1S/C14H24BN3O2/c1-9(2)11-12(16-17-18(11)10-7-8-10)15-19-13(3,4)14(5,6)20-15/h9-10H,7-8H2,1-6H3. The summed E-state index contributed by atoms with van der Waals surface area (Å²) in [6.07, 6.45) is 2.40. The summed E-state index contributed by atoms with van der Waals surface area (Å²) in [5, 5.41) is 8.72. The van der Waals surface area contributed by atoms with Crippen molar-refractivity contribution in [3.8, 4) is 0 Å². The lowest BCUT2D eigenvalue weighted by atomic mass is 9.81. The highest BCUT2D eigenvalue weighted by Gasteiger charge is 2.54. The van der Waals surface area contributed by atoms with E-state index < -0.39 is 7.12 Å². The Balaban J connectivity index is 1.96. The van der Waals surface area contributed by atoms with Gasteiger partial charge in [0.05, 0.1) is 22.9 Å². The van der Waals surface area contributed by atoms with Gasteiger partial charge >= 0.3 is 7.12 Å². The van der Waals surface area contributed by atoms with Crippen LogP contribution in [-0.2, 0) is 9.31 Å². The molecular formula is C14H24BN3O2. The normalized spacial score (nSPS) is 24.6. The van der Waals surface area contributed by atoms with Crippen LogP contribution in [0, 0.1) is 0 Å². The minimum atomic E-state index is -0.412. The maximum Gasteiger partial charge on any atom is 0.518 e. The predicted octanol–water partition coefficient (Wildman–Crippen LogP) is 2.04. The Bertz CT molecular complexity index is 504. The average molecular weight is 277 g/mol. The molecule has 1 saturated carbocycles. The van der Waals surface area contributed by atoms with Gasteiger partial charge in [0, 0.05) is 0 Å². The van der Waals surface area contributed by atoms with Crippen LogP contribution in [0.2, 0.25) is 0 Å². The van der Waals surface area contributed by atoms with E-state index in [1.807, 2.05) is 0 Å². The van der Waals surface area contributed by atoms with Crippen LogP contribution >= 0.6 is 0 Å². The summed E-state index contributed by atoms with van der Waals surface area (Å²) < 4.78 is 14.3. The third-order valence-electron chi connectivity index (χ3n) is 4.67. The lowest BCUT2D eigenvalue weighted by Crippen LogP contribution is -2.41. The zero-order chi connectivity index (χ0) is 14.7. The number of rotatable bonds is 3. The fraction of sp³-hybridized carbons (Fsp3) is 0.857. The van der Waals surface area contributed by atoms with Crippen LogP contribution in [0.5, 0.6) is 0 Å². The molecule has 0 bridgehead atoms. The van der Waals surface area contributed by atoms with Gasteiger partial charge in [-0.2, -0.15) is 0 Å². The molecule has 1 aromatic rings. The minimum absolute atomic E-state index is 0.338. The fourth-order valence-electron chi connectivity index (χ4n) is 2.58. The Morgan fingerprint density at radius 2 is 1.70 bits per heavy atom. The smallest absolute Gasteiger partial charge is 0.398 e. The maximum absolute atomic E-state index is 6.12. The molecule has 0 aromatic carbocycles. The van der Waals surface area contributed by atoms with E-state index >= 15 is 0 Å². The maximum atomic E-state index is 6.12. The molecule has 0 amide bonds. The molecule has 0 atom stereocenters. The molecular weight excluding hydrogens is 253 g/mol. The molecule has 1 aromatic heterocycles. The first-order chi connectivity index (χ1) is 9.23. The van der Waals surface area contributed by atoms with Crippen molar-refractivity contribution in [1.82, 2.24) is 15.0 Å². The first-order valence-corrected chi connectivity index (χ1v) is 7.53. The molecule has 3 rings (SSSR count). The molecule has 2 aliphatic rings. The highest BCUT2D eigenvalue weighted by molar-refractivity contribution is 6.61. The number of aromatic nitrogens is 3. The van der Waals surface area contributed by atoms with E-state index in [0.717, 1.165) is 11.3 Å². The van der Waals surface area contributed by atoms with Gasteiger partial charge in [0.25, 0.3) is 0 Å². The average Bonchev–Trinajstić information content (AvgIpc) is 3.00. The third-order valence-corrected chi connectivity index (χ3v) is 4.67. The second-order valence-corrected chi connectivity index (χ2v) is 7.28. The molecule has 1 aliphatic carbocycles. The summed E-state index contributed by atoms with van der Waals surface area (Å²) in [4.78, 5) is 0. The summed E-state index contributed by atoms with van der Waals surface area (Å²) in [5.41, 5.74) is 1.33. The molecule has 110 valence electrons. The number of nitrogens with zero attached hydrogens (tertiary/aromatic N) is 3. The van der Waals surface area contributed by atoms with Crippen molar-refractivity contribution in [3.05, 3.63) is 5.69 Å². The van der Waals surface area contributed by atoms with Crippen LogP contribution in [0.3, 0.4) is 0 Å². The molecule has 20 heavy (non-hydrogen) atoms. The van der Waals surface area contributed by atoms with Crippen LogP contribution in [0.15, 0.2) is 0 Å². The second kappa shape index (κ2) is 4.31. The number of hydrogen-bond donors (Lipinski definition) is 0. The van der Waals surface area contributed by atoms with Gasteiger partial charge in [-0.15, -0.1) is 5.10 Å². The van der Waals surface area contributed by atoms with Crippen LogP contribution in [0.1, 0.15) is 72.0 Å². The molecule has 6 heteroatoms. The van der Waals surface area contributed by atoms with Gasteiger partial charge in [-0.3, -0.25) is 0 Å². The van der Waals surface area contributed by atoms with E-state index in [2.05, 4.69) is 56.5 Å². The molecule has 1 aliphatic heterocycles. The van der Waals surface area contributed by atoms with Crippen molar-refractivity contribution in [1.29, 1.82) is 0 Å². The van der Waals surface area contributed by atoms with Crippen molar-refractivity contribution in [3.63, 3.8) is 0 Å². The van der Waals surface area contributed by atoms with E-state index in [-0.39, 0.29) is 11.2 Å². The first kappa shape index (κ1) is 14.1. The Kier molecular flexibility index (Phi) is 3.03. The monoisotopic (exact) mass is 277 g/mol. The summed E-state index contributed by atoms with van der Waals surface area (Å²) in [5.74, 6) is 0.361. The largest absolute Gasteiger partial charge is 0.518 e. The van der Waals surface area contributed by atoms with E-state index in [1.165, 1.54) is 12.8 Å². The summed E-state index contributed by atoms with van der Waals surface area (Å²) in [7, 11) is -0.412. The molecule has 2 fully saturated rings. The van der Waals surface area contributed by atoms with Crippen molar-refractivity contribution in [2.75, 3.05) is 0 Å². The van der Waals surface area contributed by atoms with Gasteiger partial charge in [-0.25, -0.2) is 4.68 Å². The van der Waals surface area contributed by atoms with E-state index in [4.69, 9.17) is 9.31 Å². The van der Waals surface area contributed by atoms with Crippen molar-refractivity contribution < 1.29 is 9.31 Å². The van der Waals surface area contributed by atoms with Gasteiger partial charge in [0.15, 0.2) is 0 Å². The quantitative estimate of drug-likeness (QED) is 0.793. The van der Waals surface area contributed by atoms with E-state index in [1.54, 1.807) is 0 Å². The van der Waals surface area contributed by atoms with E-state index in [9.17, 15) is 0 Å². The van der Waals surface area contributed by atoms with Crippen LogP contribution in [0.4, 0.5) is 0 Å². The van der Waals surface area contributed by atoms with Crippen molar-refractivity contribution in [2.45, 2.75) is 77.5 Å². The highest BCUT2D eigenvalue weighted by Crippen LogP contribution is 2.39. The lowest BCUT2D eigenvalue weighted by Gasteiger charge is -2.32. The Hall–Kier alpha value is -0.875. The van der Waals surface area contributed by atoms with Crippen LogP contribution in [0.25, 0.3) is 0 Å². The fourth-order valence-corrected chi connectivity index (χ4v) is 2.58. The summed E-state index contributed by atoms with van der Waals surface area (Å²) in [6, 6.07) is 0.524.